The number of piperidine rings is 2. The molecular weight excluding hydrogens is 184 g/mol. The van der Waals surface area contributed by atoms with Gasteiger partial charge in [0.1, 0.15) is 0 Å². The standard InChI is InChI=1S/C13H26N2/c1-13(2)5-9-15(10-6-13)11-12-3-7-14-8-4-12/h12,14H,3-11H2,1-2H3. The highest BCUT2D eigenvalue weighted by Crippen LogP contribution is 2.30. The Hall–Kier alpha value is -0.0800. The molecule has 0 aromatic carbocycles. The molecular formula is C13H26N2. The van der Waals surface area contributed by atoms with Crippen molar-refractivity contribution >= 4 is 0 Å². The van der Waals surface area contributed by atoms with Crippen LogP contribution in [0.25, 0.3) is 0 Å². The topological polar surface area (TPSA) is 15.3 Å². The molecule has 2 heterocycles. The van der Waals surface area contributed by atoms with E-state index in [9.17, 15) is 0 Å². The number of likely N-dealkylation sites (tertiary alicyclic amines) is 1. The zero-order chi connectivity index (χ0) is 10.7. The van der Waals surface area contributed by atoms with Gasteiger partial charge in [0.05, 0.1) is 0 Å². The molecule has 2 rings (SSSR count). The Bertz CT molecular complexity index is 185. The molecule has 88 valence electrons. The Morgan fingerprint density at radius 3 is 2.33 bits per heavy atom. The van der Waals surface area contributed by atoms with Gasteiger partial charge in [-0.2, -0.15) is 0 Å². The summed E-state index contributed by atoms with van der Waals surface area (Å²) in [5.74, 6) is 0.965. The molecule has 0 aromatic rings. The molecule has 0 atom stereocenters. The average Bonchev–Trinajstić information content (AvgIpc) is 2.23. The molecule has 0 saturated carbocycles. The Kier molecular flexibility index (Phi) is 3.68. The highest BCUT2D eigenvalue weighted by Gasteiger charge is 2.26. The van der Waals surface area contributed by atoms with Gasteiger partial charge in [-0.25, -0.2) is 0 Å². The second-order valence-electron chi connectivity index (χ2n) is 6.16. The van der Waals surface area contributed by atoms with Gasteiger partial charge in [-0.1, -0.05) is 13.8 Å². The minimum atomic E-state index is 0.602. The summed E-state index contributed by atoms with van der Waals surface area (Å²) < 4.78 is 0. The van der Waals surface area contributed by atoms with Crippen LogP contribution >= 0.6 is 0 Å². The van der Waals surface area contributed by atoms with Crippen molar-refractivity contribution in [3.05, 3.63) is 0 Å². The van der Waals surface area contributed by atoms with Gasteiger partial charge in [-0.05, 0) is 63.2 Å². The summed E-state index contributed by atoms with van der Waals surface area (Å²) >= 11 is 0. The lowest BCUT2D eigenvalue weighted by Crippen LogP contribution is -2.42. The van der Waals surface area contributed by atoms with Gasteiger partial charge in [0.2, 0.25) is 0 Å². The summed E-state index contributed by atoms with van der Waals surface area (Å²) in [4.78, 5) is 2.70. The van der Waals surface area contributed by atoms with Gasteiger partial charge < -0.3 is 10.2 Å². The third kappa shape index (κ3) is 3.46. The first-order chi connectivity index (χ1) is 7.16. The molecule has 2 nitrogen and oxygen atoms in total. The predicted molar refractivity (Wildman–Crippen MR) is 65.0 cm³/mol. The molecule has 2 saturated heterocycles. The molecule has 0 spiro atoms. The number of nitrogens with zero attached hydrogens (tertiary/aromatic N) is 1. The predicted octanol–water partition coefficient (Wildman–Crippen LogP) is 2.11. The van der Waals surface area contributed by atoms with E-state index in [4.69, 9.17) is 0 Å². The van der Waals surface area contributed by atoms with Crippen LogP contribution in [0.4, 0.5) is 0 Å². The van der Waals surface area contributed by atoms with E-state index < -0.39 is 0 Å². The Morgan fingerprint density at radius 2 is 1.73 bits per heavy atom. The monoisotopic (exact) mass is 210 g/mol. The van der Waals surface area contributed by atoms with Gasteiger partial charge in [0, 0.05) is 6.54 Å². The van der Waals surface area contributed by atoms with Crippen molar-refractivity contribution in [2.24, 2.45) is 11.3 Å². The Labute approximate surface area is 94.4 Å². The van der Waals surface area contributed by atoms with Crippen molar-refractivity contribution in [3.63, 3.8) is 0 Å². The maximum Gasteiger partial charge on any atom is 0.00106 e. The molecule has 2 aliphatic rings. The second-order valence-corrected chi connectivity index (χ2v) is 6.16. The lowest BCUT2D eigenvalue weighted by molar-refractivity contribution is 0.110. The van der Waals surface area contributed by atoms with Crippen molar-refractivity contribution in [1.29, 1.82) is 0 Å². The van der Waals surface area contributed by atoms with Crippen molar-refractivity contribution in [1.82, 2.24) is 10.2 Å². The minimum Gasteiger partial charge on any atom is -0.317 e. The number of hydrogen-bond acceptors (Lipinski definition) is 2. The summed E-state index contributed by atoms with van der Waals surface area (Å²) in [7, 11) is 0. The van der Waals surface area contributed by atoms with E-state index in [0.29, 0.717) is 5.41 Å². The Morgan fingerprint density at radius 1 is 1.13 bits per heavy atom. The quantitative estimate of drug-likeness (QED) is 0.751. The van der Waals surface area contributed by atoms with Gasteiger partial charge in [0.25, 0.3) is 0 Å². The van der Waals surface area contributed by atoms with Gasteiger partial charge in [-0.15, -0.1) is 0 Å². The fourth-order valence-corrected chi connectivity index (χ4v) is 2.77. The maximum absolute atomic E-state index is 3.45. The molecule has 0 unspecified atom stereocenters. The summed E-state index contributed by atoms with van der Waals surface area (Å²) in [5.41, 5.74) is 0.602. The first-order valence-corrected chi connectivity index (χ1v) is 6.59. The maximum atomic E-state index is 3.45. The molecule has 0 bridgehead atoms. The van der Waals surface area contributed by atoms with Gasteiger partial charge >= 0.3 is 0 Å². The van der Waals surface area contributed by atoms with Crippen LogP contribution in [0.5, 0.6) is 0 Å². The molecule has 0 radical (unpaired) electrons. The number of hydrogen-bond donors (Lipinski definition) is 1. The summed E-state index contributed by atoms with van der Waals surface area (Å²) in [6.07, 6.45) is 5.55. The van der Waals surface area contributed by atoms with E-state index in [2.05, 4.69) is 24.1 Å². The van der Waals surface area contributed by atoms with Gasteiger partial charge in [0.15, 0.2) is 0 Å². The third-order valence-electron chi connectivity index (χ3n) is 4.18. The summed E-state index contributed by atoms with van der Waals surface area (Å²) in [6.45, 7) is 11.3. The largest absolute Gasteiger partial charge is 0.317 e. The minimum absolute atomic E-state index is 0.602. The second kappa shape index (κ2) is 4.84. The molecule has 0 aromatic heterocycles. The van der Waals surface area contributed by atoms with Crippen LogP contribution < -0.4 is 5.32 Å². The van der Waals surface area contributed by atoms with Crippen molar-refractivity contribution < 1.29 is 0 Å². The number of nitrogens with one attached hydrogen (secondary N) is 1. The van der Waals surface area contributed by atoms with E-state index in [1.165, 1.54) is 58.4 Å². The van der Waals surface area contributed by atoms with Crippen molar-refractivity contribution in [2.75, 3.05) is 32.7 Å². The van der Waals surface area contributed by atoms with E-state index in [-0.39, 0.29) is 0 Å². The van der Waals surface area contributed by atoms with E-state index >= 15 is 0 Å². The lowest BCUT2D eigenvalue weighted by atomic mass is 9.82. The fraction of sp³-hybridized carbons (Fsp3) is 1.00. The van der Waals surface area contributed by atoms with Gasteiger partial charge in [-0.3, -0.25) is 0 Å². The normalized spacial score (nSPS) is 29.2. The molecule has 2 aliphatic heterocycles. The van der Waals surface area contributed by atoms with Crippen molar-refractivity contribution in [2.45, 2.75) is 39.5 Å². The molecule has 1 N–H and O–H groups in total. The van der Waals surface area contributed by atoms with Crippen LogP contribution in [0.2, 0.25) is 0 Å². The van der Waals surface area contributed by atoms with Crippen LogP contribution in [0.1, 0.15) is 39.5 Å². The van der Waals surface area contributed by atoms with Crippen LogP contribution in [-0.4, -0.2) is 37.6 Å². The summed E-state index contributed by atoms with van der Waals surface area (Å²) in [6, 6.07) is 0. The number of rotatable bonds is 2. The van der Waals surface area contributed by atoms with Crippen LogP contribution in [0, 0.1) is 11.3 Å². The zero-order valence-electron chi connectivity index (χ0n) is 10.4. The molecule has 2 fully saturated rings. The van der Waals surface area contributed by atoms with Crippen LogP contribution in [0.15, 0.2) is 0 Å². The van der Waals surface area contributed by atoms with E-state index in [0.717, 1.165) is 5.92 Å². The third-order valence-corrected chi connectivity index (χ3v) is 4.18. The van der Waals surface area contributed by atoms with Crippen molar-refractivity contribution in [3.8, 4) is 0 Å². The highest BCUT2D eigenvalue weighted by atomic mass is 15.1. The molecule has 2 heteroatoms. The zero-order valence-corrected chi connectivity index (χ0v) is 10.4. The average molecular weight is 210 g/mol. The first-order valence-electron chi connectivity index (χ1n) is 6.59. The first kappa shape index (κ1) is 11.4. The molecule has 0 amide bonds. The molecule has 0 aliphatic carbocycles. The smallest absolute Gasteiger partial charge is 0.00106 e. The highest BCUT2D eigenvalue weighted by molar-refractivity contribution is 4.80. The van der Waals surface area contributed by atoms with Crippen LogP contribution in [0.3, 0.4) is 0 Å². The van der Waals surface area contributed by atoms with E-state index in [1.807, 2.05) is 0 Å². The Balaban J connectivity index is 1.71. The van der Waals surface area contributed by atoms with Crippen LogP contribution in [-0.2, 0) is 0 Å². The fourth-order valence-electron chi connectivity index (χ4n) is 2.77. The summed E-state index contributed by atoms with van der Waals surface area (Å²) in [5, 5.41) is 3.45. The van der Waals surface area contributed by atoms with E-state index in [1.54, 1.807) is 0 Å². The SMILES string of the molecule is CC1(C)CCN(CC2CCNCC2)CC1. The lowest BCUT2D eigenvalue weighted by Gasteiger charge is -2.39. The molecule has 15 heavy (non-hydrogen) atoms.